The zero-order chi connectivity index (χ0) is 20.3. The number of rotatable bonds is 10. The maximum absolute atomic E-state index is 5.31. The number of nitrogens with zero attached hydrogens (tertiary/aromatic N) is 4. The Labute approximate surface area is 171 Å². The number of hydrogen-bond donors (Lipinski definition) is 3. The van der Waals surface area contributed by atoms with Crippen LogP contribution in [0.3, 0.4) is 0 Å². The van der Waals surface area contributed by atoms with Crippen LogP contribution in [0.5, 0.6) is 0 Å². The molecule has 0 atom stereocenters. The summed E-state index contributed by atoms with van der Waals surface area (Å²) < 4.78 is 5.31. The zero-order valence-electron chi connectivity index (χ0n) is 17.1. The summed E-state index contributed by atoms with van der Waals surface area (Å²) in [5.74, 6) is 2.83. The van der Waals surface area contributed by atoms with Crippen LogP contribution in [0, 0.1) is 0 Å². The Kier molecular flexibility index (Phi) is 7.68. The molecule has 0 saturated heterocycles. The summed E-state index contributed by atoms with van der Waals surface area (Å²) in [6, 6.07) is 14.2. The van der Waals surface area contributed by atoms with E-state index in [-0.39, 0.29) is 0 Å². The van der Waals surface area contributed by atoms with Gasteiger partial charge in [-0.1, -0.05) is 18.2 Å². The monoisotopic (exact) mass is 395 g/mol. The molecule has 0 aliphatic carbocycles. The van der Waals surface area contributed by atoms with Crippen molar-refractivity contribution in [2.24, 2.45) is 4.99 Å². The van der Waals surface area contributed by atoms with Crippen LogP contribution in [0.4, 0.5) is 5.69 Å². The first-order valence-electron chi connectivity index (χ1n) is 9.99. The largest absolute Gasteiger partial charge is 0.461 e. The smallest absolute Gasteiger partial charge is 0.216 e. The number of benzene rings is 1. The van der Waals surface area contributed by atoms with E-state index in [4.69, 9.17) is 4.42 Å². The van der Waals surface area contributed by atoms with Gasteiger partial charge < -0.3 is 20.0 Å². The first-order valence-corrected chi connectivity index (χ1v) is 9.99. The summed E-state index contributed by atoms with van der Waals surface area (Å²) in [6.07, 6.45) is 3.35. The Morgan fingerprint density at radius 2 is 1.97 bits per heavy atom. The third kappa shape index (κ3) is 6.10. The van der Waals surface area contributed by atoms with Crippen molar-refractivity contribution in [2.45, 2.75) is 19.8 Å². The second-order valence-electron chi connectivity index (χ2n) is 6.53. The van der Waals surface area contributed by atoms with Gasteiger partial charge in [0.05, 0.1) is 6.26 Å². The Hall–Kier alpha value is -3.29. The average molecular weight is 396 g/mol. The van der Waals surface area contributed by atoms with Crippen LogP contribution in [0.15, 0.2) is 58.1 Å². The lowest BCUT2D eigenvalue weighted by atomic mass is 10.2. The standard InChI is InChI=1S/C21H29N7O/c1-3-28(17-9-5-4-6-10-17)15-8-13-23-21(22-2)24-14-12-19-25-20(27-26-19)18-11-7-16-29-18/h4-7,9-11,16H,3,8,12-15H2,1-2H3,(H2,22,23,24)(H,25,26,27). The van der Waals surface area contributed by atoms with Crippen LogP contribution in [0.2, 0.25) is 0 Å². The molecule has 0 amide bonds. The molecule has 0 aliphatic heterocycles. The predicted molar refractivity (Wildman–Crippen MR) is 116 cm³/mol. The van der Waals surface area contributed by atoms with Crippen LogP contribution in [-0.2, 0) is 6.42 Å². The molecule has 1 aromatic carbocycles. The van der Waals surface area contributed by atoms with Gasteiger partial charge in [-0.15, -0.1) is 0 Å². The van der Waals surface area contributed by atoms with Gasteiger partial charge in [-0.05, 0) is 37.6 Å². The molecule has 0 unspecified atom stereocenters. The fourth-order valence-electron chi connectivity index (χ4n) is 3.03. The highest BCUT2D eigenvalue weighted by Gasteiger charge is 2.08. The van der Waals surface area contributed by atoms with Gasteiger partial charge in [-0.3, -0.25) is 10.1 Å². The summed E-state index contributed by atoms with van der Waals surface area (Å²) in [5.41, 5.74) is 1.26. The van der Waals surface area contributed by atoms with E-state index in [0.29, 0.717) is 24.6 Å². The van der Waals surface area contributed by atoms with Crippen molar-refractivity contribution >= 4 is 11.6 Å². The van der Waals surface area contributed by atoms with Crippen LogP contribution in [-0.4, -0.2) is 54.4 Å². The fraction of sp³-hybridized carbons (Fsp3) is 0.381. The summed E-state index contributed by atoms with van der Waals surface area (Å²) in [4.78, 5) is 11.1. The number of para-hydroxylation sites is 1. The number of aliphatic imine (C=N–C) groups is 1. The van der Waals surface area contributed by atoms with Crippen molar-refractivity contribution in [2.75, 3.05) is 38.1 Å². The zero-order valence-corrected chi connectivity index (χ0v) is 17.1. The first kappa shape index (κ1) is 20.4. The van der Waals surface area contributed by atoms with E-state index in [1.807, 2.05) is 18.2 Å². The summed E-state index contributed by atoms with van der Waals surface area (Å²) >= 11 is 0. The van der Waals surface area contributed by atoms with Gasteiger partial charge in [0.25, 0.3) is 0 Å². The molecule has 3 rings (SSSR count). The maximum Gasteiger partial charge on any atom is 0.216 e. The van der Waals surface area contributed by atoms with E-state index in [0.717, 1.165) is 37.8 Å². The molecular weight excluding hydrogens is 366 g/mol. The van der Waals surface area contributed by atoms with Crippen molar-refractivity contribution < 1.29 is 4.42 Å². The number of hydrogen-bond acceptors (Lipinski definition) is 5. The van der Waals surface area contributed by atoms with Crippen molar-refractivity contribution in [1.29, 1.82) is 0 Å². The topological polar surface area (TPSA) is 94.4 Å². The highest BCUT2D eigenvalue weighted by atomic mass is 16.3. The molecule has 0 radical (unpaired) electrons. The normalized spacial score (nSPS) is 11.4. The molecule has 8 heteroatoms. The number of aromatic amines is 1. The molecule has 29 heavy (non-hydrogen) atoms. The Morgan fingerprint density at radius 1 is 1.14 bits per heavy atom. The highest BCUT2D eigenvalue weighted by molar-refractivity contribution is 5.79. The van der Waals surface area contributed by atoms with Gasteiger partial charge >= 0.3 is 0 Å². The average Bonchev–Trinajstić information content (AvgIpc) is 3.45. The lowest BCUT2D eigenvalue weighted by Crippen LogP contribution is -2.39. The molecule has 3 aromatic rings. The third-order valence-corrected chi connectivity index (χ3v) is 4.55. The summed E-state index contributed by atoms with van der Waals surface area (Å²) in [5, 5.41) is 13.8. The number of furan rings is 1. The molecule has 0 spiro atoms. The van der Waals surface area contributed by atoms with Crippen LogP contribution in [0.1, 0.15) is 19.2 Å². The Bertz CT molecular complexity index is 858. The number of nitrogens with one attached hydrogen (secondary N) is 3. The minimum atomic E-state index is 0.575. The van der Waals surface area contributed by atoms with Gasteiger partial charge in [-0.2, -0.15) is 5.10 Å². The molecule has 0 saturated carbocycles. The Balaban J connectivity index is 1.35. The molecule has 2 heterocycles. The van der Waals surface area contributed by atoms with Gasteiger partial charge in [0.2, 0.25) is 5.82 Å². The van der Waals surface area contributed by atoms with Crippen LogP contribution in [0.25, 0.3) is 11.6 Å². The van der Waals surface area contributed by atoms with Crippen molar-refractivity contribution in [3.8, 4) is 11.6 Å². The second-order valence-corrected chi connectivity index (χ2v) is 6.53. The molecular formula is C21H29N7O. The highest BCUT2D eigenvalue weighted by Crippen LogP contribution is 2.14. The lowest BCUT2D eigenvalue weighted by Gasteiger charge is -2.23. The van der Waals surface area contributed by atoms with E-state index >= 15 is 0 Å². The maximum atomic E-state index is 5.31. The van der Waals surface area contributed by atoms with Gasteiger partial charge in [0.1, 0.15) is 5.82 Å². The van der Waals surface area contributed by atoms with Crippen LogP contribution < -0.4 is 15.5 Å². The minimum Gasteiger partial charge on any atom is -0.461 e. The van der Waals surface area contributed by atoms with Crippen molar-refractivity contribution in [3.63, 3.8) is 0 Å². The van der Waals surface area contributed by atoms with Crippen molar-refractivity contribution in [1.82, 2.24) is 25.8 Å². The van der Waals surface area contributed by atoms with E-state index in [1.54, 1.807) is 13.3 Å². The second kappa shape index (κ2) is 10.9. The molecule has 8 nitrogen and oxygen atoms in total. The first-order chi connectivity index (χ1) is 14.3. The van der Waals surface area contributed by atoms with E-state index < -0.39 is 0 Å². The number of H-pyrrole nitrogens is 1. The Morgan fingerprint density at radius 3 is 2.69 bits per heavy atom. The molecule has 0 bridgehead atoms. The fourth-order valence-corrected chi connectivity index (χ4v) is 3.03. The van der Waals surface area contributed by atoms with Gasteiger partial charge in [0, 0.05) is 45.3 Å². The van der Waals surface area contributed by atoms with E-state index in [9.17, 15) is 0 Å². The number of aromatic nitrogens is 3. The SMILES string of the molecule is CCN(CCCNC(=NC)NCCc1nc(-c2ccco2)n[nH]1)c1ccccc1. The van der Waals surface area contributed by atoms with Crippen molar-refractivity contribution in [3.05, 3.63) is 54.6 Å². The lowest BCUT2D eigenvalue weighted by molar-refractivity contribution is 0.577. The van der Waals surface area contributed by atoms with E-state index in [1.165, 1.54) is 5.69 Å². The molecule has 2 aromatic heterocycles. The quantitative estimate of drug-likeness (QED) is 0.278. The number of guanidine groups is 1. The molecule has 0 fully saturated rings. The molecule has 154 valence electrons. The molecule has 0 aliphatic rings. The third-order valence-electron chi connectivity index (χ3n) is 4.55. The number of anilines is 1. The summed E-state index contributed by atoms with van der Waals surface area (Å²) in [7, 11) is 1.78. The van der Waals surface area contributed by atoms with Crippen LogP contribution >= 0.6 is 0 Å². The van der Waals surface area contributed by atoms with Gasteiger partial charge in [-0.25, -0.2) is 4.98 Å². The summed E-state index contributed by atoms with van der Waals surface area (Å²) in [6.45, 7) is 5.74. The molecule has 3 N–H and O–H groups in total. The predicted octanol–water partition coefficient (Wildman–Crippen LogP) is 2.69. The van der Waals surface area contributed by atoms with Gasteiger partial charge in [0.15, 0.2) is 11.7 Å². The van der Waals surface area contributed by atoms with E-state index in [2.05, 4.69) is 66.9 Å². The minimum absolute atomic E-state index is 0.575.